The van der Waals surface area contributed by atoms with Crippen LogP contribution < -0.4 is 20.7 Å². The third kappa shape index (κ3) is 6.94. The lowest BCUT2D eigenvalue weighted by molar-refractivity contribution is 0.262. The van der Waals surface area contributed by atoms with Crippen molar-refractivity contribution in [2.45, 2.75) is 4.90 Å². The molecule has 0 radical (unpaired) electrons. The highest BCUT2D eigenvalue weighted by molar-refractivity contribution is 7.85. The molecule has 0 fully saturated rings. The zero-order chi connectivity index (χ0) is 25.6. The van der Waals surface area contributed by atoms with Gasteiger partial charge in [0.25, 0.3) is 10.1 Å². The van der Waals surface area contributed by atoms with Crippen LogP contribution in [0.3, 0.4) is 0 Å². The molecular formula is C21H21N4O8PS. The summed E-state index contributed by atoms with van der Waals surface area (Å²) < 4.78 is 53.5. The Hall–Kier alpha value is -3.61. The second-order valence-corrected chi connectivity index (χ2v) is 10.2. The molecular weight excluding hydrogens is 499 g/mol. The molecule has 4 N–H and O–H groups in total. The topological polar surface area (TPSA) is 176 Å². The molecule has 14 heteroatoms. The van der Waals surface area contributed by atoms with E-state index in [0.717, 1.165) is 13.2 Å². The number of rotatable bonds is 8. The number of methoxy groups -OCH3 is 1. The summed E-state index contributed by atoms with van der Waals surface area (Å²) in [4.78, 5) is 21.9. The minimum atomic E-state index is -4.37. The first kappa shape index (κ1) is 26.0. The Balaban J connectivity index is 1.73. The van der Waals surface area contributed by atoms with Gasteiger partial charge in [0.15, 0.2) is 0 Å². The van der Waals surface area contributed by atoms with Crippen molar-refractivity contribution in [2.24, 2.45) is 10.2 Å². The Labute approximate surface area is 200 Å². The van der Waals surface area contributed by atoms with E-state index in [1.807, 2.05) is 0 Å². The van der Waals surface area contributed by atoms with Crippen molar-refractivity contribution in [3.05, 3.63) is 66.7 Å². The van der Waals surface area contributed by atoms with Gasteiger partial charge in [-0.25, -0.2) is 4.79 Å². The number of hydrogen-bond acceptors (Lipinski definition) is 8. The fourth-order valence-corrected chi connectivity index (χ4v) is 4.12. The molecule has 0 aliphatic heterocycles. The SMILES string of the molecule is COc1cc(N=Nc2cccc(S(=O)(=O)O)c2)ccc1NC(=O)Nc1cccc(P(=O)(O)OC)c1. The first-order valence-corrected chi connectivity index (χ1v) is 12.8. The predicted molar refractivity (Wildman–Crippen MR) is 129 cm³/mol. The lowest BCUT2D eigenvalue weighted by Gasteiger charge is -2.13. The second kappa shape index (κ2) is 10.8. The standard InChI is InChI=1S/C21H21N4O8PS/c1-32-20-13-16(25-24-15-6-4-8-18(12-15)35(29,30)31)9-10-19(20)23-21(26)22-14-5-3-7-17(11-14)34(27,28)33-2/h3-13H,1-2H3,(H,27,28)(H2,22,23,26)(H,29,30,31). The van der Waals surface area contributed by atoms with Gasteiger partial charge in [0, 0.05) is 18.9 Å². The highest BCUT2D eigenvalue weighted by Gasteiger charge is 2.21. The Morgan fingerprint density at radius 2 is 1.63 bits per heavy atom. The third-order valence-electron chi connectivity index (χ3n) is 4.51. The van der Waals surface area contributed by atoms with Gasteiger partial charge in [-0.1, -0.05) is 12.1 Å². The molecule has 0 aliphatic rings. The van der Waals surface area contributed by atoms with E-state index in [0.29, 0.717) is 11.4 Å². The van der Waals surface area contributed by atoms with Crippen LogP contribution in [0.1, 0.15) is 0 Å². The van der Waals surface area contributed by atoms with Gasteiger partial charge >= 0.3 is 13.6 Å². The number of nitrogens with zero attached hydrogens (tertiary/aromatic N) is 2. The summed E-state index contributed by atoms with van der Waals surface area (Å²) in [6.45, 7) is 0. The number of anilines is 2. The molecule has 12 nitrogen and oxygen atoms in total. The number of carbonyl (C=O) groups is 1. The number of azo groups is 1. The van der Waals surface area contributed by atoms with Crippen molar-refractivity contribution >= 4 is 51.8 Å². The third-order valence-corrected chi connectivity index (χ3v) is 6.78. The average molecular weight is 520 g/mol. The Kier molecular flexibility index (Phi) is 7.99. The molecule has 35 heavy (non-hydrogen) atoms. The zero-order valence-electron chi connectivity index (χ0n) is 18.4. The molecule has 0 saturated heterocycles. The first-order valence-electron chi connectivity index (χ1n) is 9.76. The summed E-state index contributed by atoms with van der Waals surface area (Å²) in [6.07, 6.45) is 0. The summed E-state index contributed by atoms with van der Waals surface area (Å²) in [5.74, 6) is 0.260. The van der Waals surface area contributed by atoms with E-state index in [1.54, 1.807) is 0 Å². The number of nitrogens with one attached hydrogen (secondary N) is 2. The zero-order valence-corrected chi connectivity index (χ0v) is 20.2. The van der Waals surface area contributed by atoms with Crippen LogP contribution in [-0.4, -0.2) is 38.1 Å². The highest BCUT2D eigenvalue weighted by Crippen LogP contribution is 2.39. The summed E-state index contributed by atoms with van der Waals surface area (Å²) in [5, 5.41) is 13.1. The molecule has 2 amide bonds. The van der Waals surface area contributed by atoms with Crippen molar-refractivity contribution < 1.29 is 36.5 Å². The lowest BCUT2D eigenvalue weighted by Crippen LogP contribution is -2.20. The molecule has 1 unspecified atom stereocenters. The molecule has 0 aromatic heterocycles. The van der Waals surface area contributed by atoms with Crippen molar-refractivity contribution in [3.8, 4) is 5.75 Å². The summed E-state index contributed by atoms with van der Waals surface area (Å²) in [6, 6.07) is 15.0. The van der Waals surface area contributed by atoms with E-state index in [1.165, 1.54) is 67.8 Å². The van der Waals surface area contributed by atoms with E-state index in [9.17, 15) is 22.7 Å². The first-order chi connectivity index (χ1) is 16.5. The molecule has 3 aromatic carbocycles. The van der Waals surface area contributed by atoms with Gasteiger partial charge < -0.3 is 24.8 Å². The molecule has 1 atom stereocenters. The maximum Gasteiger partial charge on any atom is 0.358 e. The van der Waals surface area contributed by atoms with Crippen molar-refractivity contribution in [1.29, 1.82) is 0 Å². The van der Waals surface area contributed by atoms with Crippen molar-refractivity contribution in [2.75, 3.05) is 24.9 Å². The summed E-state index contributed by atoms with van der Waals surface area (Å²) in [7, 11) is -5.84. The normalized spacial score (nSPS) is 13.3. The van der Waals surface area contributed by atoms with Gasteiger partial charge in [-0.05, 0) is 48.5 Å². The lowest BCUT2D eigenvalue weighted by atomic mass is 10.2. The largest absolute Gasteiger partial charge is 0.494 e. The number of amides is 2. The molecule has 0 bridgehead atoms. The summed E-state index contributed by atoms with van der Waals surface area (Å²) in [5.41, 5.74) is 1.11. The fraction of sp³-hybridized carbons (Fsp3) is 0.0952. The molecule has 0 spiro atoms. The average Bonchev–Trinajstić information content (AvgIpc) is 2.83. The molecule has 0 heterocycles. The van der Waals surface area contributed by atoms with Crippen LogP contribution in [-0.2, 0) is 19.2 Å². The van der Waals surface area contributed by atoms with E-state index < -0.39 is 23.7 Å². The van der Waals surface area contributed by atoms with E-state index in [4.69, 9.17) is 9.29 Å². The molecule has 3 rings (SSSR count). The number of ether oxygens (including phenoxy) is 1. The van der Waals surface area contributed by atoms with Crippen LogP contribution in [0, 0.1) is 0 Å². The predicted octanol–water partition coefficient (Wildman–Crippen LogP) is 4.46. The van der Waals surface area contributed by atoms with Gasteiger partial charge in [0.1, 0.15) is 5.75 Å². The van der Waals surface area contributed by atoms with E-state index in [-0.39, 0.29) is 27.3 Å². The van der Waals surface area contributed by atoms with Gasteiger partial charge in [-0.15, -0.1) is 0 Å². The minimum absolute atomic E-state index is 0.0206. The van der Waals surface area contributed by atoms with Crippen LogP contribution >= 0.6 is 7.60 Å². The highest BCUT2D eigenvalue weighted by atomic mass is 32.2. The Morgan fingerprint density at radius 3 is 2.29 bits per heavy atom. The van der Waals surface area contributed by atoms with E-state index in [2.05, 4.69) is 25.4 Å². The quantitative estimate of drug-likeness (QED) is 0.191. The van der Waals surface area contributed by atoms with Crippen LogP contribution in [0.15, 0.2) is 81.9 Å². The maximum atomic E-state index is 12.4. The fourth-order valence-electron chi connectivity index (χ4n) is 2.82. The number of benzene rings is 3. The number of hydrogen-bond donors (Lipinski definition) is 4. The smallest absolute Gasteiger partial charge is 0.358 e. The van der Waals surface area contributed by atoms with Crippen LogP contribution in [0.5, 0.6) is 5.75 Å². The van der Waals surface area contributed by atoms with Crippen LogP contribution in [0.4, 0.5) is 27.5 Å². The Morgan fingerprint density at radius 1 is 0.943 bits per heavy atom. The number of urea groups is 1. The molecule has 0 saturated carbocycles. The Bertz CT molecular complexity index is 1430. The van der Waals surface area contributed by atoms with Crippen molar-refractivity contribution in [3.63, 3.8) is 0 Å². The van der Waals surface area contributed by atoms with Crippen LogP contribution in [0.2, 0.25) is 0 Å². The van der Waals surface area contributed by atoms with Gasteiger partial charge in [-0.3, -0.25) is 9.12 Å². The summed E-state index contributed by atoms with van der Waals surface area (Å²) >= 11 is 0. The molecule has 3 aromatic rings. The molecule has 184 valence electrons. The minimum Gasteiger partial charge on any atom is -0.494 e. The molecule has 0 aliphatic carbocycles. The monoisotopic (exact) mass is 520 g/mol. The van der Waals surface area contributed by atoms with Gasteiger partial charge in [0.05, 0.1) is 34.4 Å². The van der Waals surface area contributed by atoms with E-state index >= 15 is 0 Å². The van der Waals surface area contributed by atoms with Crippen LogP contribution in [0.25, 0.3) is 0 Å². The van der Waals surface area contributed by atoms with Gasteiger partial charge in [0.2, 0.25) is 0 Å². The maximum absolute atomic E-state index is 12.4. The van der Waals surface area contributed by atoms with Crippen molar-refractivity contribution in [1.82, 2.24) is 0 Å². The number of carbonyl (C=O) groups excluding carboxylic acids is 1. The second-order valence-electron chi connectivity index (χ2n) is 6.89. The van der Waals surface area contributed by atoms with Gasteiger partial charge in [-0.2, -0.15) is 18.6 Å².